The van der Waals surface area contributed by atoms with Crippen molar-refractivity contribution in [3.05, 3.63) is 0 Å². The maximum absolute atomic E-state index is 5.95. The van der Waals surface area contributed by atoms with Crippen molar-refractivity contribution < 1.29 is 27.5 Å². The van der Waals surface area contributed by atoms with Gasteiger partial charge in [-0.15, -0.1) is 11.6 Å². The summed E-state index contributed by atoms with van der Waals surface area (Å²) in [5.74, 6) is 0. The third kappa shape index (κ3) is 6.44. The molecule has 0 saturated heterocycles. The van der Waals surface area contributed by atoms with E-state index < -0.39 is 27.7 Å². The Balaban J connectivity index is 4.81. The number of methoxy groups -OCH3 is 3. The van der Waals surface area contributed by atoms with Gasteiger partial charge in [0, 0.05) is 21.3 Å². The number of alkyl halides is 1. The second kappa shape index (κ2) is 9.22. The lowest BCUT2D eigenvalue weighted by Gasteiger charge is -2.33. The van der Waals surface area contributed by atoms with Gasteiger partial charge in [-0.25, -0.2) is 0 Å². The molecule has 0 aliphatic carbocycles. The van der Waals surface area contributed by atoms with E-state index in [1.165, 1.54) is 21.3 Å². The molecule has 6 nitrogen and oxygen atoms in total. The molecular weight excluding hydrogens is 280 g/mol. The van der Waals surface area contributed by atoms with Crippen LogP contribution in [0.3, 0.4) is 0 Å². The Hall–Kier alpha value is 0.267. The number of hydrogen-bond donors (Lipinski definition) is 0. The van der Waals surface area contributed by atoms with Gasteiger partial charge in [0.25, 0.3) is 0 Å². The fourth-order valence-electron chi connectivity index (χ4n) is 1.08. The minimum Gasteiger partial charge on any atom is -0.357 e. The lowest BCUT2D eigenvalue weighted by atomic mass is 10.8. The minimum atomic E-state index is -3.13. The van der Waals surface area contributed by atoms with Crippen molar-refractivity contribution in [1.82, 2.24) is 0 Å². The first kappa shape index (κ1) is 18.3. The Morgan fingerprint density at radius 3 is 1.22 bits per heavy atom. The lowest BCUT2D eigenvalue weighted by molar-refractivity contribution is -0.161. The van der Waals surface area contributed by atoms with Gasteiger partial charge in [-0.2, -0.15) is 0 Å². The standard InChI is InChI=1S/C10H23ClO6Si/c1-8(12-4)15-18(7-11,16-9(2)13-5)17-10(3)14-6/h8-10H,7H2,1-6H3. The van der Waals surface area contributed by atoms with E-state index in [4.69, 9.17) is 39.1 Å². The van der Waals surface area contributed by atoms with Crippen LogP contribution in [-0.2, 0) is 27.5 Å². The summed E-state index contributed by atoms with van der Waals surface area (Å²) in [5.41, 5.74) is 0.0715. The molecule has 3 unspecified atom stereocenters. The van der Waals surface area contributed by atoms with E-state index in [0.29, 0.717) is 0 Å². The van der Waals surface area contributed by atoms with E-state index in [1.807, 2.05) is 0 Å². The zero-order valence-electron chi connectivity index (χ0n) is 11.8. The number of ether oxygens (including phenoxy) is 3. The third-order valence-electron chi connectivity index (χ3n) is 2.20. The summed E-state index contributed by atoms with van der Waals surface area (Å²) >= 11 is 5.95. The van der Waals surface area contributed by atoms with Crippen LogP contribution in [0.4, 0.5) is 0 Å². The second-order valence-electron chi connectivity index (χ2n) is 3.58. The van der Waals surface area contributed by atoms with Gasteiger partial charge in [0.15, 0.2) is 0 Å². The van der Waals surface area contributed by atoms with E-state index in [-0.39, 0.29) is 5.50 Å². The fraction of sp³-hybridized carbons (Fsp3) is 1.00. The summed E-state index contributed by atoms with van der Waals surface area (Å²) in [5, 5.41) is 0. The number of rotatable bonds is 10. The highest BCUT2D eigenvalue weighted by Crippen LogP contribution is 2.19. The van der Waals surface area contributed by atoms with Crippen molar-refractivity contribution in [1.29, 1.82) is 0 Å². The molecule has 0 aliphatic rings. The molecule has 8 heteroatoms. The third-order valence-corrected chi connectivity index (χ3v) is 5.58. The molecule has 0 heterocycles. The van der Waals surface area contributed by atoms with Crippen molar-refractivity contribution in [3.63, 3.8) is 0 Å². The quantitative estimate of drug-likeness (QED) is 0.348. The van der Waals surface area contributed by atoms with E-state index in [0.717, 1.165) is 0 Å². The van der Waals surface area contributed by atoms with Gasteiger partial charge in [-0.05, 0) is 20.8 Å². The Bertz CT molecular complexity index is 189. The van der Waals surface area contributed by atoms with Gasteiger partial charge in [-0.1, -0.05) is 0 Å². The summed E-state index contributed by atoms with van der Waals surface area (Å²) in [7, 11) is 1.44. The first-order valence-corrected chi connectivity index (χ1v) is 8.07. The summed E-state index contributed by atoms with van der Waals surface area (Å²) in [6.07, 6.45) is -1.49. The normalized spacial score (nSPS) is 20.2. The smallest absolute Gasteiger partial charge is 0.357 e. The maximum Gasteiger partial charge on any atom is 0.522 e. The van der Waals surface area contributed by atoms with E-state index >= 15 is 0 Å². The van der Waals surface area contributed by atoms with Crippen molar-refractivity contribution in [2.75, 3.05) is 26.8 Å². The zero-order chi connectivity index (χ0) is 14.2. The van der Waals surface area contributed by atoms with Gasteiger partial charge >= 0.3 is 8.80 Å². The van der Waals surface area contributed by atoms with Crippen LogP contribution in [-0.4, -0.2) is 54.5 Å². The molecule has 0 rings (SSSR count). The van der Waals surface area contributed by atoms with Crippen LogP contribution < -0.4 is 0 Å². The van der Waals surface area contributed by atoms with Gasteiger partial charge < -0.3 is 27.5 Å². The minimum absolute atomic E-state index is 0.0715. The average molecular weight is 303 g/mol. The molecule has 0 aromatic rings. The molecule has 0 aliphatic heterocycles. The molecule has 0 fully saturated rings. The summed E-state index contributed by atoms with van der Waals surface area (Å²) in [4.78, 5) is 0. The molecule has 0 saturated carbocycles. The van der Waals surface area contributed by atoms with Crippen LogP contribution in [0, 0.1) is 0 Å². The maximum atomic E-state index is 5.95. The molecule has 18 heavy (non-hydrogen) atoms. The van der Waals surface area contributed by atoms with Crippen LogP contribution in [0.2, 0.25) is 0 Å². The average Bonchev–Trinajstić information content (AvgIpc) is 2.37. The fourth-order valence-corrected chi connectivity index (χ4v) is 3.81. The van der Waals surface area contributed by atoms with Crippen molar-refractivity contribution >= 4 is 20.4 Å². The van der Waals surface area contributed by atoms with Gasteiger partial charge in [0.1, 0.15) is 18.9 Å². The molecule has 110 valence electrons. The van der Waals surface area contributed by atoms with E-state index in [9.17, 15) is 0 Å². The summed E-state index contributed by atoms with van der Waals surface area (Å²) < 4.78 is 32.1. The van der Waals surface area contributed by atoms with Crippen LogP contribution in [0.1, 0.15) is 20.8 Å². The van der Waals surface area contributed by atoms with E-state index in [1.54, 1.807) is 20.8 Å². The molecule has 0 spiro atoms. The van der Waals surface area contributed by atoms with Gasteiger partial charge in [0.05, 0.1) is 5.50 Å². The molecular formula is C10H23ClO6Si. The zero-order valence-corrected chi connectivity index (χ0v) is 13.5. The van der Waals surface area contributed by atoms with E-state index in [2.05, 4.69) is 0 Å². The number of hydrogen-bond acceptors (Lipinski definition) is 6. The van der Waals surface area contributed by atoms with Crippen LogP contribution in [0.15, 0.2) is 0 Å². The highest BCUT2D eigenvalue weighted by molar-refractivity contribution is 6.69. The summed E-state index contributed by atoms with van der Waals surface area (Å²) in [6, 6.07) is 0. The Morgan fingerprint density at radius 2 is 1.06 bits per heavy atom. The van der Waals surface area contributed by atoms with Crippen LogP contribution in [0.25, 0.3) is 0 Å². The molecule has 0 bridgehead atoms. The molecule has 0 aromatic carbocycles. The van der Waals surface area contributed by atoms with Crippen LogP contribution in [0.5, 0.6) is 0 Å². The SMILES string of the molecule is COC(C)O[Si](CCl)(OC(C)OC)OC(C)OC. The molecule has 3 atom stereocenters. The first-order valence-electron chi connectivity index (χ1n) is 5.60. The Kier molecular flexibility index (Phi) is 9.35. The monoisotopic (exact) mass is 302 g/mol. The van der Waals surface area contributed by atoms with Crippen molar-refractivity contribution in [2.24, 2.45) is 0 Å². The number of halogens is 1. The largest absolute Gasteiger partial charge is 0.522 e. The highest BCUT2D eigenvalue weighted by atomic mass is 35.5. The van der Waals surface area contributed by atoms with Gasteiger partial charge in [0.2, 0.25) is 0 Å². The van der Waals surface area contributed by atoms with Crippen molar-refractivity contribution in [3.8, 4) is 0 Å². The second-order valence-corrected chi connectivity index (χ2v) is 6.72. The van der Waals surface area contributed by atoms with Crippen molar-refractivity contribution in [2.45, 2.75) is 39.6 Å². The Morgan fingerprint density at radius 1 is 0.778 bits per heavy atom. The Labute approximate surface area is 115 Å². The molecule has 0 radical (unpaired) electrons. The predicted molar refractivity (Wildman–Crippen MR) is 69.1 cm³/mol. The predicted octanol–water partition coefficient (Wildman–Crippen LogP) is 1.73. The topological polar surface area (TPSA) is 55.4 Å². The highest BCUT2D eigenvalue weighted by Gasteiger charge is 2.46. The molecule has 0 N–H and O–H groups in total. The molecule has 0 amide bonds. The first-order chi connectivity index (χ1) is 8.42. The van der Waals surface area contributed by atoms with Gasteiger partial charge in [-0.3, -0.25) is 0 Å². The van der Waals surface area contributed by atoms with Crippen LogP contribution >= 0.6 is 11.6 Å². The molecule has 0 aromatic heterocycles. The lowest BCUT2D eigenvalue weighted by Crippen LogP contribution is -2.54. The summed E-state index contributed by atoms with van der Waals surface area (Å²) in [6.45, 7) is 5.20.